The maximum Gasteiger partial charge on any atom is 0.338 e. The fourth-order valence-corrected chi connectivity index (χ4v) is 2.88. The van der Waals surface area contributed by atoms with E-state index >= 15 is 0 Å². The molecule has 0 saturated heterocycles. The normalized spacial score (nSPS) is 11.7. The maximum absolute atomic E-state index is 12.2. The lowest BCUT2D eigenvalue weighted by molar-refractivity contribution is -0.129. The van der Waals surface area contributed by atoms with Gasteiger partial charge in [-0.3, -0.25) is 9.59 Å². The third kappa shape index (κ3) is 7.33. The summed E-state index contributed by atoms with van der Waals surface area (Å²) in [5.41, 5.74) is 15.0. The number of hydrogen-bond acceptors (Lipinski definition) is 7. The quantitative estimate of drug-likeness (QED) is 0.330. The molecule has 0 amide bonds. The number of carbonyl (C=O) groups is 3. The first-order valence-electron chi connectivity index (χ1n) is 9.74. The Labute approximate surface area is 176 Å². The van der Waals surface area contributed by atoms with E-state index in [1.807, 2.05) is 25.1 Å². The number of ketones is 2. The van der Waals surface area contributed by atoms with Crippen LogP contribution in [0.2, 0.25) is 0 Å². The predicted molar refractivity (Wildman–Crippen MR) is 115 cm³/mol. The Hall–Kier alpha value is -3.19. The van der Waals surface area contributed by atoms with Crippen LogP contribution in [0.1, 0.15) is 34.8 Å². The predicted octanol–water partition coefficient (Wildman–Crippen LogP) is 2.74. The van der Waals surface area contributed by atoms with Crippen LogP contribution in [0.3, 0.4) is 0 Å². The molecule has 0 aliphatic rings. The fraction of sp³-hybridized carbons (Fsp3) is 0.348. The molecule has 0 saturated carbocycles. The van der Waals surface area contributed by atoms with Crippen LogP contribution < -0.4 is 11.5 Å². The minimum atomic E-state index is -0.487. The highest BCUT2D eigenvalue weighted by atomic mass is 16.6. The molecule has 0 heterocycles. The van der Waals surface area contributed by atoms with Crippen molar-refractivity contribution in [3.8, 4) is 0 Å². The van der Waals surface area contributed by atoms with Crippen LogP contribution in [0.5, 0.6) is 0 Å². The van der Waals surface area contributed by atoms with Crippen LogP contribution in [0, 0.1) is 12.8 Å². The Morgan fingerprint density at radius 2 is 1.70 bits per heavy atom. The van der Waals surface area contributed by atoms with E-state index in [4.69, 9.17) is 20.9 Å². The first-order valence-corrected chi connectivity index (χ1v) is 9.74. The van der Waals surface area contributed by atoms with Crippen LogP contribution in [0.4, 0.5) is 11.4 Å². The summed E-state index contributed by atoms with van der Waals surface area (Å²) in [5.74, 6) is -1.15. The van der Waals surface area contributed by atoms with Crippen molar-refractivity contribution in [1.82, 2.24) is 0 Å². The fourth-order valence-electron chi connectivity index (χ4n) is 2.88. The van der Waals surface area contributed by atoms with Gasteiger partial charge in [0.05, 0.1) is 12.2 Å². The van der Waals surface area contributed by atoms with Crippen LogP contribution in [-0.4, -0.2) is 37.4 Å². The summed E-state index contributed by atoms with van der Waals surface area (Å²) in [4.78, 5) is 36.0. The first-order chi connectivity index (χ1) is 14.3. The van der Waals surface area contributed by atoms with E-state index < -0.39 is 11.9 Å². The average Bonchev–Trinajstić information content (AvgIpc) is 2.70. The minimum absolute atomic E-state index is 0.0231. The molecule has 2 rings (SSSR count). The van der Waals surface area contributed by atoms with Gasteiger partial charge in [-0.15, -0.1) is 0 Å². The molecule has 1 atom stereocenters. The van der Waals surface area contributed by atoms with Crippen molar-refractivity contribution in [1.29, 1.82) is 0 Å². The van der Waals surface area contributed by atoms with Crippen LogP contribution in [-0.2, 0) is 25.5 Å². The zero-order chi connectivity index (χ0) is 22.1. The molecule has 0 aliphatic carbocycles. The van der Waals surface area contributed by atoms with Crippen LogP contribution in [0.15, 0.2) is 42.5 Å². The zero-order valence-corrected chi connectivity index (χ0v) is 17.4. The molecule has 4 N–H and O–H groups in total. The van der Waals surface area contributed by atoms with Gasteiger partial charge in [0.15, 0.2) is 5.78 Å². The second kappa shape index (κ2) is 11.1. The van der Waals surface area contributed by atoms with Crippen LogP contribution in [0.25, 0.3) is 0 Å². The second-order valence-electron chi connectivity index (χ2n) is 7.26. The molecule has 0 radical (unpaired) electrons. The van der Waals surface area contributed by atoms with Crippen molar-refractivity contribution in [3.05, 3.63) is 59.2 Å². The SMILES string of the molecule is CC(=O)C(CC(=O)COCCOC(=O)c1ccc(N)cc1)Cc1ccc(C)c(N)c1. The molecule has 1 unspecified atom stereocenters. The van der Waals surface area contributed by atoms with Gasteiger partial charge in [-0.1, -0.05) is 12.1 Å². The van der Waals surface area contributed by atoms with Gasteiger partial charge >= 0.3 is 5.97 Å². The highest BCUT2D eigenvalue weighted by Gasteiger charge is 2.19. The van der Waals surface area contributed by atoms with Crippen molar-refractivity contribution < 1.29 is 23.9 Å². The minimum Gasteiger partial charge on any atom is -0.460 e. The molecule has 0 aromatic heterocycles. The third-order valence-corrected chi connectivity index (χ3v) is 4.74. The number of benzene rings is 2. The lowest BCUT2D eigenvalue weighted by Crippen LogP contribution is -2.22. The lowest BCUT2D eigenvalue weighted by Gasteiger charge is -2.14. The molecule has 2 aromatic carbocycles. The summed E-state index contributed by atoms with van der Waals surface area (Å²) in [6.45, 7) is 3.36. The number of carbonyl (C=O) groups excluding carboxylic acids is 3. The highest BCUT2D eigenvalue weighted by Crippen LogP contribution is 2.19. The number of Topliss-reactive ketones (excluding diaryl/α,β-unsaturated/α-hetero) is 2. The van der Waals surface area contributed by atoms with Gasteiger partial charge in [0, 0.05) is 23.7 Å². The third-order valence-electron chi connectivity index (χ3n) is 4.74. The van der Waals surface area contributed by atoms with Gasteiger partial charge in [0.2, 0.25) is 0 Å². The number of ether oxygens (including phenoxy) is 2. The molecular formula is C23H28N2O5. The standard InChI is InChI=1S/C23H28N2O5/c1-15-3-4-17(12-22(15)25)11-19(16(2)26)13-21(27)14-29-9-10-30-23(28)18-5-7-20(24)8-6-18/h3-8,12,19H,9-11,13-14,24-25H2,1-2H3. The summed E-state index contributed by atoms with van der Waals surface area (Å²) in [6.07, 6.45) is 0.541. The molecule has 0 aliphatic heterocycles. The Morgan fingerprint density at radius 1 is 1.00 bits per heavy atom. The second-order valence-corrected chi connectivity index (χ2v) is 7.26. The van der Waals surface area contributed by atoms with Gasteiger partial charge in [0.25, 0.3) is 0 Å². The summed E-state index contributed by atoms with van der Waals surface area (Å²) >= 11 is 0. The molecule has 2 aromatic rings. The Kier molecular flexibility index (Phi) is 8.55. The van der Waals surface area contributed by atoms with Crippen molar-refractivity contribution >= 4 is 28.9 Å². The smallest absolute Gasteiger partial charge is 0.338 e. The molecule has 7 nitrogen and oxygen atoms in total. The van der Waals surface area contributed by atoms with Crippen molar-refractivity contribution in [2.24, 2.45) is 5.92 Å². The van der Waals surface area contributed by atoms with E-state index in [9.17, 15) is 14.4 Å². The number of aryl methyl sites for hydroxylation is 1. The number of hydrogen-bond donors (Lipinski definition) is 2. The van der Waals surface area contributed by atoms with Gasteiger partial charge < -0.3 is 20.9 Å². The van der Waals surface area contributed by atoms with Gasteiger partial charge in [-0.25, -0.2) is 4.79 Å². The Balaban J connectivity index is 1.72. The number of anilines is 2. The first kappa shape index (κ1) is 23.1. The summed E-state index contributed by atoms with van der Waals surface area (Å²) in [5, 5.41) is 0. The average molecular weight is 412 g/mol. The summed E-state index contributed by atoms with van der Waals surface area (Å²) in [7, 11) is 0. The highest BCUT2D eigenvalue weighted by molar-refractivity contribution is 5.89. The molecule has 30 heavy (non-hydrogen) atoms. The maximum atomic E-state index is 12.2. The molecule has 160 valence electrons. The molecular weight excluding hydrogens is 384 g/mol. The van der Waals surface area contributed by atoms with Gasteiger partial charge in [-0.05, 0) is 61.7 Å². The van der Waals surface area contributed by atoms with Gasteiger partial charge in [0.1, 0.15) is 19.0 Å². The Bertz CT molecular complexity index is 893. The number of esters is 1. The van der Waals surface area contributed by atoms with Crippen molar-refractivity contribution in [2.75, 3.05) is 31.3 Å². The topological polar surface area (TPSA) is 122 Å². The summed E-state index contributed by atoms with van der Waals surface area (Å²) < 4.78 is 10.4. The van der Waals surface area contributed by atoms with E-state index in [0.717, 1.165) is 11.1 Å². The molecule has 0 fully saturated rings. The number of nitrogen functional groups attached to an aromatic ring is 2. The van der Waals surface area contributed by atoms with E-state index in [2.05, 4.69) is 0 Å². The molecule has 7 heteroatoms. The number of nitrogens with two attached hydrogens (primary N) is 2. The monoisotopic (exact) mass is 412 g/mol. The summed E-state index contributed by atoms with van der Waals surface area (Å²) in [6, 6.07) is 12.0. The largest absolute Gasteiger partial charge is 0.460 e. The van der Waals surface area contributed by atoms with Crippen LogP contribution >= 0.6 is 0 Å². The molecule has 0 bridgehead atoms. The molecule has 0 spiro atoms. The zero-order valence-electron chi connectivity index (χ0n) is 17.4. The van der Waals surface area contributed by atoms with Crippen molar-refractivity contribution in [2.45, 2.75) is 26.7 Å². The van der Waals surface area contributed by atoms with E-state index in [1.165, 1.54) is 6.92 Å². The van der Waals surface area contributed by atoms with Crippen molar-refractivity contribution in [3.63, 3.8) is 0 Å². The number of rotatable bonds is 11. The Morgan fingerprint density at radius 3 is 2.33 bits per heavy atom. The van der Waals surface area contributed by atoms with E-state index in [1.54, 1.807) is 24.3 Å². The van der Waals surface area contributed by atoms with Gasteiger partial charge in [-0.2, -0.15) is 0 Å². The van der Waals surface area contributed by atoms with E-state index in [-0.39, 0.29) is 37.8 Å². The van der Waals surface area contributed by atoms with E-state index in [0.29, 0.717) is 23.4 Å². The lowest BCUT2D eigenvalue weighted by atomic mass is 9.90.